The van der Waals surface area contributed by atoms with Crippen LogP contribution in [0, 0.1) is 0 Å². The molecule has 10 heteroatoms. The molecule has 0 unspecified atom stereocenters. The van der Waals surface area contributed by atoms with E-state index in [4.69, 9.17) is 0 Å². The van der Waals surface area contributed by atoms with E-state index in [0.717, 1.165) is 18.3 Å². The molecule has 2 aromatic heterocycles. The molecule has 0 saturated heterocycles. The van der Waals surface area contributed by atoms with Crippen LogP contribution in [0.1, 0.15) is 11.1 Å². The summed E-state index contributed by atoms with van der Waals surface area (Å²) in [6.45, 7) is 0. The van der Waals surface area contributed by atoms with E-state index < -0.39 is 40.5 Å². The summed E-state index contributed by atoms with van der Waals surface area (Å²) in [6.07, 6.45) is -11.1. The molecule has 120 valence electrons. The summed E-state index contributed by atoms with van der Waals surface area (Å²) >= 11 is 0. The second kappa shape index (κ2) is 4.68. The second-order valence-electron chi connectivity index (χ2n) is 4.30. The first-order valence-electron chi connectivity index (χ1n) is 5.54. The summed E-state index contributed by atoms with van der Waals surface area (Å²) in [5.41, 5.74) is -7.47. The Labute approximate surface area is 116 Å². The van der Waals surface area contributed by atoms with Crippen molar-refractivity contribution in [3.63, 3.8) is 0 Å². The predicted octanol–water partition coefficient (Wildman–Crippen LogP) is 3.97. The topological polar surface area (TPSA) is 21.5 Å². The molecule has 0 bridgehead atoms. The molecule has 0 N–H and O–H groups in total. The lowest BCUT2D eigenvalue weighted by Gasteiger charge is -2.23. The Kier molecular flexibility index (Phi) is 3.46. The molecule has 0 radical (unpaired) electrons. The van der Waals surface area contributed by atoms with E-state index in [2.05, 4.69) is 0 Å². The summed E-state index contributed by atoms with van der Waals surface area (Å²) in [5, 5.41) is 0. The highest BCUT2D eigenvalue weighted by Crippen LogP contribution is 2.47. The van der Waals surface area contributed by atoms with E-state index in [0.29, 0.717) is 4.40 Å². The Morgan fingerprint density at radius 1 is 0.909 bits per heavy atom. The molecule has 0 fully saturated rings. The Morgan fingerprint density at radius 2 is 1.50 bits per heavy atom. The maximum atomic E-state index is 13.4. The normalized spacial score (nSPS) is 13.6. The standard InChI is InChI=1S/C12H5F8NO/c13-10(14,12(18,19)20)7-5-6-3-1-2-4-21(6)9(22)8(7)11(15,16)17/h1-5H. The van der Waals surface area contributed by atoms with E-state index in [-0.39, 0.29) is 6.07 Å². The molecule has 2 heterocycles. The maximum Gasteiger partial charge on any atom is 0.458 e. The minimum Gasteiger partial charge on any atom is -0.284 e. The monoisotopic (exact) mass is 331 g/mol. The third-order valence-electron chi connectivity index (χ3n) is 2.86. The molecule has 2 aromatic rings. The van der Waals surface area contributed by atoms with Crippen LogP contribution in [-0.2, 0) is 12.1 Å². The van der Waals surface area contributed by atoms with Gasteiger partial charge in [0.25, 0.3) is 5.56 Å². The molecular formula is C12H5F8NO. The van der Waals surface area contributed by atoms with Crippen LogP contribution in [0.15, 0.2) is 35.3 Å². The number of hydrogen-bond acceptors (Lipinski definition) is 1. The van der Waals surface area contributed by atoms with Gasteiger partial charge in [0, 0.05) is 11.7 Å². The third-order valence-corrected chi connectivity index (χ3v) is 2.86. The first-order chi connectivity index (χ1) is 9.87. The number of pyridine rings is 2. The summed E-state index contributed by atoms with van der Waals surface area (Å²) in [7, 11) is 0. The van der Waals surface area contributed by atoms with Crippen molar-refractivity contribution in [3.05, 3.63) is 51.9 Å². The van der Waals surface area contributed by atoms with Crippen molar-refractivity contribution in [1.29, 1.82) is 0 Å². The van der Waals surface area contributed by atoms with Crippen molar-refractivity contribution in [2.45, 2.75) is 18.3 Å². The van der Waals surface area contributed by atoms with E-state index in [9.17, 15) is 39.9 Å². The zero-order valence-electron chi connectivity index (χ0n) is 10.3. The largest absolute Gasteiger partial charge is 0.458 e. The van der Waals surface area contributed by atoms with Crippen molar-refractivity contribution in [3.8, 4) is 0 Å². The third kappa shape index (κ3) is 2.42. The van der Waals surface area contributed by atoms with Gasteiger partial charge in [-0.05, 0) is 18.2 Å². The molecule has 0 aliphatic heterocycles. The number of fused-ring (bicyclic) bond motifs is 1. The summed E-state index contributed by atoms with van der Waals surface area (Å²) < 4.78 is 103. The summed E-state index contributed by atoms with van der Waals surface area (Å²) in [6, 6.07) is 3.27. The van der Waals surface area contributed by atoms with Crippen LogP contribution in [0.4, 0.5) is 35.1 Å². The van der Waals surface area contributed by atoms with Crippen molar-refractivity contribution < 1.29 is 35.1 Å². The molecule has 0 amide bonds. The fraction of sp³-hybridized carbons (Fsp3) is 0.250. The van der Waals surface area contributed by atoms with Gasteiger partial charge in [0.2, 0.25) is 0 Å². The number of hydrogen-bond donors (Lipinski definition) is 0. The molecule has 0 aromatic carbocycles. The molecule has 0 aliphatic rings. The van der Waals surface area contributed by atoms with Crippen LogP contribution >= 0.6 is 0 Å². The number of aromatic nitrogens is 1. The molecule has 2 nitrogen and oxygen atoms in total. The Hall–Kier alpha value is -2.13. The molecular weight excluding hydrogens is 326 g/mol. The van der Waals surface area contributed by atoms with E-state index in [1.54, 1.807) is 0 Å². The molecule has 2 rings (SSSR count). The molecule has 0 saturated carbocycles. The van der Waals surface area contributed by atoms with Gasteiger partial charge in [-0.3, -0.25) is 9.20 Å². The van der Waals surface area contributed by atoms with Crippen molar-refractivity contribution in [1.82, 2.24) is 4.40 Å². The zero-order valence-corrected chi connectivity index (χ0v) is 10.3. The molecule has 22 heavy (non-hydrogen) atoms. The van der Waals surface area contributed by atoms with Gasteiger partial charge in [-0.2, -0.15) is 35.1 Å². The van der Waals surface area contributed by atoms with E-state index in [1.807, 2.05) is 0 Å². The Balaban J connectivity index is 2.98. The second-order valence-corrected chi connectivity index (χ2v) is 4.30. The van der Waals surface area contributed by atoms with Gasteiger partial charge in [0.1, 0.15) is 5.56 Å². The van der Waals surface area contributed by atoms with Gasteiger partial charge >= 0.3 is 18.3 Å². The van der Waals surface area contributed by atoms with Crippen LogP contribution in [-0.4, -0.2) is 10.6 Å². The first kappa shape index (κ1) is 16.2. The summed E-state index contributed by atoms with van der Waals surface area (Å²) in [5.74, 6) is -5.82. The summed E-state index contributed by atoms with van der Waals surface area (Å²) in [4.78, 5) is 11.7. The molecule has 0 atom stereocenters. The number of alkyl halides is 8. The van der Waals surface area contributed by atoms with Gasteiger partial charge < -0.3 is 0 Å². The quantitative estimate of drug-likeness (QED) is 0.725. The van der Waals surface area contributed by atoms with Gasteiger partial charge in [-0.15, -0.1) is 0 Å². The highest BCUT2D eigenvalue weighted by atomic mass is 19.4. The van der Waals surface area contributed by atoms with E-state index >= 15 is 0 Å². The fourth-order valence-electron chi connectivity index (χ4n) is 1.89. The highest BCUT2D eigenvalue weighted by Gasteiger charge is 2.62. The predicted molar refractivity (Wildman–Crippen MR) is 58.6 cm³/mol. The maximum absolute atomic E-state index is 13.4. The number of rotatable bonds is 1. The molecule has 0 aliphatic carbocycles. The van der Waals surface area contributed by atoms with Crippen LogP contribution < -0.4 is 5.56 Å². The lowest BCUT2D eigenvalue weighted by atomic mass is 10.0. The minimum atomic E-state index is -6.27. The van der Waals surface area contributed by atoms with Gasteiger partial charge in [-0.1, -0.05) is 6.07 Å². The Morgan fingerprint density at radius 3 is 2.00 bits per heavy atom. The van der Waals surface area contributed by atoms with Gasteiger partial charge in [0.05, 0.1) is 5.56 Å². The smallest absolute Gasteiger partial charge is 0.284 e. The highest BCUT2D eigenvalue weighted by molar-refractivity contribution is 5.52. The van der Waals surface area contributed by atoms with Gasteiger partial charge in [0.15, 0.2) is 0 Å². The number of nitrogens with zero attached hydrogens (tertiary/aromatic N) is 1. The molecule has 0 spiro atoms. The zero-order chi connectivity index (χ0) is 16.9. The van der Waals surface area contributed by atoms with Gasteiger partial charge in [-0.25, -0.2) is 0 Å². The average Bonchev–Trinajstić information content (AvgIpc) is 2.35. The SMILES string of the molecule is O=c1c(C(F)(F)F)c(C(F)(F)C(F)(F)F)cc2ccccn12. The fourth-order valence-corrected chi connectivity index (χ4v) is 1.89. The van der Waals surface area contributed by atoms with Crippen LogP contribution in [0.2, 0.25) is 0 Å². The van der Waals surface area contributed by atoms with Crippen molar-refractivity contribution >= 4 is 5.52 Å². The number of halogens is 8. The van der Waals surface area contributed by atoms with E-state index in [1.165, 1.54) is 6.07 Å². The van der Waals surface area contributed by atoms with Crippen LogP contribution in [0.5, 0.6) is 0 Å². The van der Waals surface area contributed by atoms with Crippen molar-refractivity contribution in [2.75, 3.05) is 0 Å². The lowest BCUT2D eigenvalue weighted by molar-refractivity contribution is -0.291. The van der Waals surface area contributed by atoms with Crippen LogP contribution in [0.3, 0.4) is 0 Å². The lowest BCUT2D eigenvalue weighted by Crippen LogP contribution is -2.39. The average molecular weight is 331 g/mol. The van der Waals surface area contributed by atoms with Crippen LogP contribution in [0.25, 0.3) is 5.52 Å². The minimum absolute atomic E-state index is 0.0116. The Bertz CT molecular complexity index is 771. The first-order valence-corrected chi connectivity index (χ1v) is 5.54. The van der Waals surface area contributed by atoms with Crippen molar-refractivity contribution in [2.24, 2.45) is 0 Å².